The number of nitrogens with zero attached hydrogens (tertiary/aromatic N) is 3. The van der Waals surface area contributed by atoms with Gasteiger partial charge in [0, 0.05) is 44.8 Å². The van der Waals surface area contributed by atoms with Crippen molar-refractivity contribution in [1.29, 1.82) is 0 Å². The van der Waals surface area contributed by atoms with E-state index in [1.807, 2.05) is 6.07 Å². The van der Waals surface area contributed by atoms with E-state index in [1.54, 1.807) is 16.4 Å². The average molecular weight is 410 g/mol. The number of halogens is 1. The van der Waals surface area contributed by atoms with Gasteiger partial charge in [0.15, 0.2) is 0 Å². The fourth-order valence-corrected chi connectivity index (χ4v) is 6.89. The first-order chi connectivity index (χ1) is 13.4. The summed E-state index contributed by atoms with van der Waals surface area (Å²) in [6.07, 6.45) is 3.30. The minimum absolute atomic E-state index is 0.138. The van der Waals surface area contributed by atoms with Gasteiger partial charge in [-0.05, 0) is 63.3 Å². The van der Waals surface area contributed by atoms with Crippen LogP contribution in [0.15, 0.2) is 24.3 Å². The lowest BCUT2D eigenvalue weighted by Crippen LogP contribution is -2.54. The molecule has 0 aromatic heterocycles. The van der Waals surface area contributed by atoms with Crippen LogP contribution in [0.5, 0.6) is 0 Å². The van der Waals surface area contributed by atoms with Gasteiger partial charge < -0.3 is 4.90 Å². The molecule has 0 bridgehead atoms. The third-order valence-electron chi connectivity index (χ3n) is 6.68. The van der Waals surface area contributed by atoms with Crippen molar-refractivity contribution >= 4 is 10.0 Å². The van der Waals surface area contributed by atoms with Crippen molar-refractivity contribution in [3.8, 4) is 0 Å². The molecule has 4 rings (SSSR count). The molecule has 2 atom stereocenters. The lowest BCUT2D eigenvalue weighted by Gasteiger charge is -2.47. The fourth-order valence-electron chi connectivity index (χ4n) is 5.01. The highest BCUT2D eigenvalue weighted by molar-refractivity contribution is 7.90. The number of piperidine rings is 1. The molecule has 1 aromatic carbocycles. The Morgan fingerprint density at radius 1 is 1.07 bits per heavy atom. The zero-order valence-corrected chi connectivity index (χ0v) is 17.7. The Morgan fingerprint density at radius 2 is 1.79 bits per heavy atom. The van der Waals surface area contributed by atoms with Gasteiger partial charge >= 0.3 is 0 Å². The maximum Gasteiger partial charge on any atom is 0.216 e. The van der Waals surface area contributed by atoms with Crippen LogP contribution in [0.1, 0.15) is 44.2 Å². The van der Waals surface area contributed by atoms with Gasteiger partial charge in [0.05, 0.1) is 5.25 Å². The molecule has 3 aliphatic rings. The third-order valence-corrected chi connectivity index (χ3v) is 9.08. The monoisotopic (exact) mass is 409 g/mol. The summed E-state index contributed by atoms with van der Waals surface area (Å²) in [7, 11) is -0.954. The molecule has 1 aromatic rings. The predicted molar refractivity (Wildman–Crippen MR) is 109 cm³/mol. The minimum Gasteiger partial charge on any atom is -0.304 e. The van der Waals surface area contributed by atoms with E-state index in [0.29, 0.717) is 25.0 Å². The molecule has 0 N–H and O–H groups in total. The third kappa shape index (κ3) is 4.13. The summed E-state index contributed by atoms with van der Waals surface area (Å²) in [6.45, 7) is 6.40. The Bertz CT molecular complexity index is 791. The SMILES string of the molecule is CC1CN(C)CCN1C(c1cccc(F)c1)C1CCN(S(=O)(=O)C2CC2)CC1. The van der Waals surface area contributed by atoms with Crippen LogP contribution in [0.2, 0.25) is 0 Å². The Balaban J connectivity index is 1.54. The molecule has 156 valence electrons. The van der Waals surface area contributed by atoms with E-state index in [1.165, 1.54) is 6.07 Å². The molecular weight excluding hydrogens is 377 g/mol. The van der Waals surface area contributed by atoms with Gasteiger partial charge in [-0.15, -0.1) is 0 Å². The number of sulfonamides is 1. The van der Waals surface area contributed by atoms with Gasteiger partial charge in [-0.25, -0.2) is 17.1 Å². The predicted octanol–water partition coefficient (Wildman–Crippen LogP) is 2.71. The van der Waals surface area contributed by atoms with Gasteiger partial charge in [-0.3, -0.25) is 4.90 Å². The molecule has 3 fully saturated rings. The van der Waals surface area contributed by atoms with Crippen LogP contribution in [0.4, 0.5) is 4.39 Å². The fraction of sp³-hybridized carbons (Fsp3) is 0.714. The second-order valence-corrected chi connectivity index (χ2v) is 11.0. The largest absolute Gasteiger partial charge is 0.304 e. The molecule has 0 spiro atoms. The van der Waals surface area contributed by atoms with Gasteiger partial charge in [0.1, 0.15) is 5.82 Å². The summed E-state index contributed by atoms with van der Waals surface area (Å²) in [5, 5.41) is -0.138. The molecule has 0 radical (unpaired) electrons. The van der Waals surface area contributed by atoms with E-state index in [4.69, 9.17) is 0 Å². The Morgan fingerprint density at radius 3 is 2.39 bits per heavy atom. The average Bonchev–Trinajstić information content (AvgIpc) is 3.50. The quantitative estimate of drug-likeness (QED) is 0.750. The number of hydrogen-bond donors (Lipinski definition) is 0. The molecular formula is C21H32FN3O2S. The zero-order valence-electron chi connectivity index (χ0n) is 16.9. The Labute approximate surface area is 168 Å². The standard InChI is InChI=1S/C21H32FN3O2S/c1-16-15-23(2)12-13-25(16)21(18-4-3-5-19(22)14-18)17-8-10-24(11-9-17)28(26,27)20-6-7-20/h3-5,14,16-17,20-21H,6-13,15H2,1-2H3. The number of piperazine rings is 1. The van der Waals surface area contributed by atoms with Crippen LogP contribution in [0.25, 0.3) is 0 Å². The molecule has 0 amide bonds. The van der Waals surface area contributed by atoms with E-state index >= 15 is 0 Å². The molecule has 7 heteroatoms. The molecule has 5 nitrogen and oxygen atoms in total. The minimum atomic E-state index is -3.10. The summed E-state index contributed by atoms with van der Waals surface area (Å²) >= 11 is 0. The maximum atomic E-state index is 14.0. The van der Waals surface area contributed by atoms with E-state index in [2.05, 4.69) is 23.8 Å². The van der Waals surface area contributed by atoms with Crippen LogP contribution in [-0.2, 0) is 10.0 Å². The molecule has 2 aliphatic heterocycles. The van der Waals surface area contributed by atoms with Crippen molar-refractivity contribution < 1.29 is 12.8 Å². The second-order valence-electron chi connectivity index (χ2n) is 8.83. The van der Waals surface area contributed by atoms with Gasteiger partial charge in [0.2, 0.25) is 10.0 Å². The van der Waals surface area contributed by atoms with Crippen molar-refractivity contribution in [3.05, 3.63) is 35.6 Å². The first-order valence-corrected chi connectivity index (χ1v) is 12.1. The van der Waals surface area contributed by atoms with Gasteiger partial charge in [0.25, 0.3) is 0 Å². The Kier molecular flexibility index (Phi) is 5.80. The molecule has 1 aliphatic carbocycles. The highest BCUT2D eigenvalue weighted by Gasteiger charge is 2.43. The molecule has 28 heavy (non-hydrogen) atoms. The highest BCUT2D eigenvalue weighted by Crippen LogP contribution is 2.40. The van der Waals surface area contributed by atoms with Crippen molar-refractivity contribution in [1.82, 2.24) is 14.1 Å². The van der Waals surface area contributed by atoms with Crippen LogP contribution in [-0.4, -0.2) is 73.6 Å². The summed E-state index contributed by atoms with van der Waals surface area (Å²) in [5.41, 5.74) is 1.03. The number of rotatable bonds is 5. The van der Waals surface area contributed by atoms with E-state index < -0.39 is 10.0 Å². The van der Waals surface area contributed by atoms with Gasteiger partial charge in [-0.1, -0.05) is 12.1 Å². The second kappa shape index (κ2) is 8.01. The normalized spacial score (nSPS) is 27.8. The van der Waals surface area contributed by atoms with E-state index in [9.17, 15) is 12.8 Å². The molecule has 2 heterocycles. The van der Waals surface area contributed by atoms with Crippen LogP contribution < -0.4 is 0 Å². The topological polar surface area (TPSA) is 43.9 Å². The molecule has 2 unspecified atom stereocenters. The summed E-state index contributed by atoms with van der Waals surface area (Å²) < 4.78 is 40.9. The zero-order chi connectivity index (χ0) is 19.9. The van der Waals surface area contributed by atoms with Crippen LogP contribution in [0, 0.1) is 11.7 Å². The molecule has 2 saturated heterocycles. The van der Waals surface area contributed by atoms with Crippen molar-refractivity contribution in [2.24, 2.45) is 5.92 Å². The number of likely N-dealkylation sites (N-methyl/N-ethyl adjacent to an activating group) is 1. The summed E-state index contributed by atoms with van der Waals surface area (Å²) in [6, 6.07) is 7.53. The number of benzene rings is 1. The summed E-state index contributed by atoms with van der Waals surface area (Å²) in [4.78, 5) is 4.86. The Hall–Kier alpha value is -1.02. The van der Waals surface area contributed by atoms with Crippen molar-refractivity contribution in [3.63, 3.8) is 0 Å². The maximum absolute atomic E-state index is 14.0. The summed E-state index contributed by atoms with van der Waals surface area (Å²) in [5.74, 6) is 0.149. The van der Waals surface area contributed by atoms with E-state index in [-0.39, 0.29) is 17.1 Å². The first-order valence-electron chi connectivity index (χ1n) is 10.5. The molecule has 1 saturated carbocycles. The lowest BCUT2D eigenvalue weighted by molar-refractivity contribution is 0.0230. The van der Waals surface area contributed by atoms with Crippen LogP contribution in [0.3, 0.4) is 0 Å². The smallest absolute Gasteiger partial charge is 0.216 e. The first kappa shape index (κ1) is 20.3. The van der Waals surface area contributed by atoms with E-state index in [0.717, 1.165) is 50.9 Å². The number of hydrogen-bond acceptors (Lipinski definition) is 4. The van der Waals surface area contributed by atoms with Crippen LogP contribution >= 0.6 is 0 Å². The lowest BCUT2D eigenvalue weighted by atomic mass is 9.83. The van der Waals surface area contributed by atoms with Crippen molar-refractivity contribution in [2.45, 2.75) is 49.9 Å². The van der Waals surface area contributed by atoms with Crippen molar-refractivity contribution in [2.75, 3.05) is 39.8 Å². The highest BCUT2D eigenvalue weighted by atomic mass is 32.2. The van der Waals surface area contributed by atoms with Gasteiger partial charge in [-0.2, -0.15) is 0 Å².